The molecule has 5 aliphatic rings. The van der Waals surface area contributed by atoms with Gasteiger partial charge in [-0.1, -0.05) is 58.8 Å². The number of ketones is 1. The minimum absolute atomic E-state index is 0.0631. The molecule has 0 spiro atoms. The summed E-state index contributed by atoms with van der Waals surface area (Å²) >= 11 is 0. The number of methoxy groups -OCH3 is 1. The number of piperazine rings is 1. The maximum absolute atomic E-state index is 14.5. The first-order chi connectivity index (χ1) is 29.8. The third kappa shape index (κ3) is 9.40. The first-order valence-corrected chi connectivity index (χ1v) is 21.9. The van der Waals surface area contributed by atoms with Crippen molar-refractivity contribution in [1.82, 2.24) is 9.91 Å². The van der Waals surface area contributed by atoms with E-state index in [-0.39, 0.29) is 44.5 Å². The van der Waals surface area contributed by atoms with Gasteiger partial charge in [-0.25, -0.2) is 0 Å². The zero-order valence-electron chi connectivity index (χ0n) is 37.8. The first-order valence-electron chi connectivity index (χ1n) is 21.9. The molecule has 2 aromatic rings. The van der Waals surface area contributed by atoms with Crippen molar-refractivity contribution >= 4 is 40.3 Å². The van der Waals surface area contributed by atoms with Crippen molar-refractivity contribution in [3.63, 3.8) is 0 Å². The van der Waals surface area contributed by atoms with Crippen LogP contribution in [-0.2, 0) is 23.8 Å². The number of allylic oxidation sites excluding steroid dienone is 2. The number of hydrazone groups is 1. The van der Waals surface area contributed by atoms with E-state index in [2.05, 4.69) is 15.3 Å². The molecule has 1 saturated carbocycles. The Morgan fingerprint density at radius 3 is 2.22 bits per heavy atom. The van der Waals surface area contributed by atoms with Crippen LogP contribution in [0, 0.1) is 30.6 Å². The Kier molecular flexibility index (Phi) is 14.5. The molecule has 1 saturated heterocycles. The molecular weight excluding hydrogens is 813 g/mol. The van der Waals surface area contributed by atoms with Gasteiger partial charge in [-0.15, -0.1) is 0 Å². The summed E-state index contributed by atoms with van der Waals surface area (Å²) in [6, 6.07) is 0.553. The second kappa shape index (κ2) is 19.3. The van der Waals surface area contributed by atoms with Crippen LogP contribution in [0.25, 0.3) is 10.8 Å². The van der Waals surface area contributed by atoms with Crippen molar-refractivity contribution in [2.75, 3.05) is 38.6 Å². The molecule has 1 amide bonds. The van der Waals surface area contributed by atoms with Gasteiger partial charge in [0.1, 0.15) is 23.4 Å². The molecule has 0 unspecified atom stereocenters. The number of aliphatic hydroxyl groups is 2. The number of Topliss-reactive ketones (excluding diaryl/α,β-unsaturated/α-hetero) is 1. The van der Waals surface area contributed by atoms with Gasteiger partial charge in [-0.2, -0.15) is 5.10 Å². The number of amides is 1. The molecule has 63 heavy (non-hydrogen) atoms. The monoisotopic (exact) mass is 876 g/mol. The fourth-order valence-corrected chi connectivity index (χ4v) is 9.47. The third-order valence-electron chi connectivity index (χ3n) is 13.5. The Balaban J connectivity index is 1.47. The lowest BCUT2D eigenvalue weighted by Gasteiger charge is -2.38. The lowest BCUT2D eigenvalue weighted by Crippen LogP contribution is -2.47. The van der Waals surface area contributed by atoms with Crippen molar-refractivity contribution in [3.8, 4) is 23.0 Å². The summed E-state index contributed by atoms with van der Waals surface area (Å²) in [6.45, 7) is 15.4. The number of anilines is 1. The summed E-state index contributed by atoms with van der Waals surface area (Å²) in [7, 11) is 1.44. The largest absolute Gasteiger partial charge is 0.507 e. The van der Waals surface area contributed by atoms with Gasteiger partial charge in [0.05, 0.1) is 53.0 Å². The number of hydrogen-bond donors (Lipinski definition) is 6. The number of aromatic hydroxyl groups is 3. The van der Waals surface area contributed by atoms with Gasteiger partial charge in [0, 0.05) is 93.4 Å². The minimum atomic E-state index is -2.04. The number of fused-ring (bicyclic) bond motifs is 14. The third-order valence-corrected chi connectivity index (χ3v) is 13.5. The van der Waals surface area contributed by atoms with Crippen LogP contribution >= 0.6 is 0 Å². The summed E-state index contributed by atoms with van der Waals surface area (Å²) in [5.41, 5.74) is -0.293. The first kappa shape index (κ1) is 47.3. The Hall–Kier alpha value is -5.16. The van der Waals surface area contributed by atoms with E-state index in [9.17, 15) is 39.9 Å². The smallest absolute Gasteiger partial charge is 0.312 e. The lowest BCUT2D eigenvalue weighted by molar-refractivity contribution is -0.160. The quantitative estimate of drug-likeness (QED) is 0.0926. The number of nitrogens with one attached hydrogen (secondary N) is 1. The van der Waals surface area contributed by atoms with Crippen LogP contribution in [0.3, 0.4) is 0 Å². The summed E-state index contributed by atoms with van der Waals surface area (Å²) in [4.78, 5) is 43.2. The Bertz CT molecular complexity index is 2190. The Labute approximate surface area is 368 Å². The molecule has 4 aliphatic heterocycles. The minimum Gasteiger partial charge on any atom is -0.507 e. The highest BCUT2D eigenvalue weighted by atomic mass is 16.7. The number of hydrogen-bond acceptors (Lipinski definition) is 15. The van der Waals surface area contributed by atoms with Gasteiger partial charge in [0.15, 0.2) is 5.75 Å². The number of rotatable bonds is 5. The normalized spacial score (nSPS) is 30.5. The van der Waals surface area contributed by atoms with Gasteiger partial charge >= 0.3 is 11.8 Å². The summed E-state index contributed by atoms with van der Waals surface area (Å²) < 4.78 is 23.7. The van der Waals surface area contributed by atoms with E-state index in [1.54, 1.807) is 39.8 Å². The maximum atomic E-state index is 14.5. The molecule has 16 heteroatoms. The average Bonchev–Trinajstić information content (AvgIpc) is 3.89. The molecule has 5 bridgehead atoms. The molecule has 344 valence electrons. The van der Waals surface area contributed by atoms with Gasteiger partial charge in [-0.05, 0) is 32.8 Å². The van der Waals surface area contributed by atoms with Crippen molar-refractivity contribution in [1.29, 1.82) is 0 Å². The molecule has 2 fully saturated rings. The zero-order valence-corrected chi connectivity index (χ0v) is 37.8. The SMILES string of the molecule is CO[C@H]1C=CO[C@@]2(C)Oc3c(C)c(O)c4c(O)c(c(/C=N/N5CCN(C6CCCC6)CC5)c(O)c4c3C2=O)NC(=O)C(C)=CC=C[C@H](C)[C@H](O)[C@@H](C)[C@@H](O)[C@@H](C)[C@H](OC(C)=O)[C@@H]1C. The number of ether oxygens (including phenoxy) is 4. The van der Waals surface area contributed by atoms with Crippen LogP contribution in [0.5, 0.6) is 23.0 Å². The second-order valence-corrected chi connectivity index (χ2v) is 17.8. The van der Waals surface area contributed by atoms with Crippen LogP contribution in [0.2, 0.25) is 0 Å². The van der Waals surface area contributed by atoms with Crippen molar-refractivity contribution in [2.45, 2.75) is 117 Å². The van der Waals surface area contributed by atoms with Crippen molar-refractivity contribution in [3.05, 3.63) is 52.8 Å². The van der Waals surface area contributed by atoms with Crippen LogP contribution in [0.15, 0.2) is 41.2 Å². The molecule has 0 radical (unpaired) electrons. The topological polar surface area (TPSA) is 220 Å². The van der Waals surface area contributed by atoms with E-state index in [4.69, 9.17) is 18.9 Å². The summed E-state index contributed by atoms with van der Waals surface area (Å²) in [6.07, 6.45) is 9.75. The number of aliphatic hydroxyl groups excluding tert-OH is 2. The van der Waals surface area contributed by atoms with Crippen LogP contribution in [0.1, 0.15) is 95.6 Å². The second-order valence-electron chi connectivity index (χ2n) is 17.8. The Morgan fingerprint density at radius 1 is 0.921 bits per heavy atom. The highest BCUT2D eigenvalue weighted by Gasteiger charge is 2.50. The highest BCUT2D eigenvalue weighted by molar-refractivity contribution is 6.23. The standard InChI is InChI=1S/C47H64N4O12/c1-24-13-12-14-25(2)46(59)49-37-32(23-48-51-20-18-50(19-21-51)31-15-10-11-16-31)41(56)34-35(42(37)57)40(55)29(6)44-36(34)45(58)47(8,63-44)61-22-17-33(60-9)26(3)43(62-30(7)52)28(5)39(54)27(4)38(24)53/h12-14,17,22-24,26-28,31,33,38-39,43,53-57H,10-11,15-16,18-21H2,1-9H3,(H,49,59)/b13-12?,22-17?,25-14?,48-23+/t24-,26+,27+,28+,33-,38-,39+,43+,47-/m0/s1. The van der Waals surface area contributed by atoms with E-state index < -0.39 is 88.8 Å². The van der Waals surface area contributed by atoms with Crippen LogP contribution in [0.4, 0.5) is 5.69 Å². The molecular formula is C47H64N4O12. The summed E-state index contributed by atoms with van der Waals surface area (Å²) in [5.74, 6) is -8.28. The van der Waals surface area contributed by atoms with Crippen molar-refractivity contribution < 1.29 is 58.9 Å². The van der Waals surface area contributed by atoms with Gasteiger partial charge in [0.25, 0.3) is 11.7 Å². The average molecular weight is 877 g/mol. The molecule has 4 heterocycles. The van der Waals surface area contributed by atoms with Gasteiger partial charge in [0.2, 0.25) is 0 Å². The summed E-state index contributed by atoms with van der Waals surface area (Å²) in [5, 5.41) is 67.6. The lowest BCUT2D eigenvalue weighted by atomic mass is 9.78. The van der Waals surface area contributed by atoms with E-state index >= 15 is 0 Å². The number of esters is 1. The van der Waals surface area contributed by atoms with Gasteiger partial charge < -0.3 is 49.8 Å². The Morgan fingerprint density at radius 2 is 1.59 bits per heavy atom. The fourth-order valence-electron chi connectivity index (χ4n) is 9.47. The maximum Gasteiger partial charge on any atom is 0.312 e. The molecule has 1 aliphatic carbocycles. The predicted octanol–water partition coefficient (Wildman–Crippen LogP) is 5.65. The fraction of sp³-hybridized carbons (Fsp3) is 0.574. The van der Waals surface area contributed by atoms with Crippen molar-refractivity contribution in [2.24, 2.45) is 28.8 Å². The highest BCUT2D eigenvalue weighted by Crippen LogP contribution is 2.55. The number of carbonyl (C=O) groups excluding carboxylic acids is 3. The molecule has 7 rings (SSSR count). The predicted molar refractivity (Wildman–Crippen MR) is 237 cm³/mol. The zero-order chi connectivity index (χ0) is 46.1. The molecule has 0 aromatic heterocycles. The van der Waals surface area contributed by atoms with Crippen LogP contribution < -0.4 is 10.1 Å². The number of nitrogens with zero attached hydrogens (tertiary/aromatic N) is 3. The number of carbonyl (C=O) groups is 3. The number of phenols is 3. The van der Waals surface area contributed by atoms with E-state index in [1.165, 1.54) is 85.1 Å². The molecule has 6 N–H and O–H groups in total. The molecule has 9 atom stereocenters. The molecule has 2 aromatic carbocycles. The van der Waals surface area contributed by atoms with E-state index in [0.717, 1.165) is 13.1 Å². The van der Waals surface area contributed by atoms with Crippen LogP contribution in [-0.4, -0.2) is 129 Å². The number of phenolic OH excluding ortho intramolecular Hbond substituents is 3. The van der Waals surface area contributed by atoms with Gasteiger partial charge in [-0.3, -0.25) is 24.3 Å². The van der Waals surface area contributed by atoms with E-state index in [0.29, 0.717) is 19.1 Å². The van der Waals surface area contributed by atoms with E-state index in [1.807, 2.05) is 5.01 Å². The number of benzene rings is 2. The molecule has 16 nitrogen and oxygen atoms in total.